The summed E-state index contributed by atoms with van der Waals surface area (Å²) in [6, 6.07) is 12.8. The van der Waals surface area contributed by atoms with Crippen LogP contribution < -0.4 is 11.5 Å². The van der Waals surface area contributed by atoms with Gasteiger partial charge in [0.2, 0.25) is 0 Å². The van der Waals surface area contributed by atoms with Crippen molar-refractivity contribution in [2.24, 2.45) is 11.7 Å². The number of halogens is 1. The summed E-state index contributed by atoms with van der Waals surface area (Å²) in [6.45, 7) is 1.38. The molecule has 0 bridgehead atoms. The molecule has 6 nitrogen and oxygen atoms in total. The molecule has 0 radical (unpaired) electrons. The summed E-state index contributed by atoms with van der Waals surface area (Å²) >= 11 is 6.14. The number of aromatic nitrogens is 1. The number of piperidine rings is 1. The maximum atomic E-state index is 12.8. The molecule has 32 heavy (non-hydrogen) atoms. The Bertz CT molecular complexity index is 1230. The molecule has 1 saturated heterocycles. The number of amidine groups is 1. The number of amides is 1. The number of nitrogen functional groups attached to an aromatic ring is 1. The number of nitrogens with one attached hydrogen (secondary N) is 1. The lowest BCUT2D eigenvalue weighted by Crippen LogP contribution is -2.39. The largest absolute Gasteiger partial charge is 0.388 e. The summed E-state index contributed by atoms with van der Waals surface area (Å²) in [6.07, 6.45) is 4.06. The van der Waals surface area contributed by atoms with Gasteiger partial charge in [-0.05, 0) is 55.2 Å². The van der Waals surface area contributed by atoms with Crippen LogP contribution in [0.5, 0.6) is 0 Å². The van der Waals surface area contributed by atoms with E-state index in [9.17, 15) is 4.79 Å². The minimum Gasteiger partial charge on any atom is -0.388 e. The molecule has 1 fully saturated rings. The van der Waals surface area contributed by atoms with E-state index in [1.807, 2.05) is 29.2 Å². The molecule has 0 aliphatic carbocycles. The molecule has 7 heteroatoms. The maximum Gasteiger partial charge on any atom is 0.253 e. The highest BCUT2D eigenvalue weighted by atomic mass is 35.5. The van der Waals surface area contributed by atoms with E-state index in [0.717, 1.165) is 29.2 Å². The monoisotopic (exact) mass is 445 g/mol. The van der Waals surface area contributed by atoms with E-state index in [0.29, 0.717) is 47.4 Å². The summed E-state index contributed by atoms with van der Waals surface area (Å²) in [5.41, 5.74) is 13.6. The number of nitrogens with two attached hydrogens (primary N) is 2. The molecule has 0 unspecified atom stereocenters. The number of carbonyl (C=O) groups excluding carboxylic acids is 1. The Morgan fingerprint density at radius 3 is 2.56 bits per heavy atom. The fourth-order valence-corrected chi connectivity index (χ4v) is 4.17. The second-order valence-electron chi connectivity index (χ2n) is 8.04. The lowest BCUT2D eigenvalue weighted by Gasteiger charge is -2.31. The molecule has 1 amide bonds. The average Bonchev–Trinajstić information content (AvgIpc) is 2.78. The van der Waals surface area contributed by atoms with Crippen LogP contribution in [0, 0.1) is 23.2 Å². The van der Waals surface area contributed by atoms with Crippen LogP contribution in [0.4, 0.5) is 5.82 Å². The van der Waals surface area contributed by atoms with Gasteiger partial charge < -0.3 is 16.4 Å². The zero-order valence-corrected chi connectivity index (χ0v) is 18.3. The average molecular weight is 446 g/mol. The number of hydrogen-bond donors (Lipinski definition) is 3. The zero-order valence-electron chi connectivity index (χ0n) is 17.6. The van der Waals surface area contributed by atoms with Crippen molar-refractivity contribution in [3.05, 3.63) is 70.4 Å². The number of hydrogen-bond acceptors (Lipinski definition) is 4. The SMILES string of the molecule is N=C(N)CC1CCN(C(=O)c2ccc(C#Cc3c(N)ncc4ccc(Cl)cc34)cc2)CC1. The van der Waals surface area contributed by atoms with Gasteiger partial charge in [-0.3, -0.25) is 10.2 Å². The van der Waals surface area contributed by atoms with E-state index >= 15 is 0 Å². The molecule has 4 rings (SSSR count). The summed E-state index contributed by atoms with van der Waals surface area (Å²) < 4.78 is 0. The third-order valence-corrected chi connectivity index (χ3v) is 5.99. The van der Waals surface area contributed by atoms with Gasteiger partial charge in [-0.2, -0.15) is 0 Å². The van der Waals surface area contributed by atoms with Gasteiger partial charge in [0.1, 0.15) is 5.82 Å². The molecule has 5 N–H and O–H groups in total. The summed E-state index contributed by atoms with van der Waals surface area (Å²) in [5, 5.41) is 9.83. The van der Waals surface area contributed by atoms with Crippen molar-refractivity contribution in [2.75, 3.05) is 18.8 Å². The van der Waals surface area contributed by atoms with E-state index in [1.165, 1.54) is 0 Å². The molecule has 0 spiro atoms. The predicted octanol–water partition coefficient (Wildman–Crippen LogP) is 4.05. The molecule has 1 aliphatic heterocycles. The number of rotatable bonds is 3. The first kappa shape index (κ1) is 21.7. The molecule has 3 aromatic rings. The van der Waals surface area contributed by atoms with Crippen LogP contribution in [0.15, 0.2) is 48.7 Å². The lowest BCUT2D eigenvalue weighted by atomic mass is 9.93. The minimum atomic E-state index is 0.0166. The Hall–Kier alpha value is -3.56. The van der Waals surface area contributed by atoms with Crippen molar-refractivity contribution >= 4 is 39.9 Å². The van der Waals surface area contributed by atoms with E-state index in [-0.39, 0.29) is 11.7 Å². The van der Waals surface area contributed by atoms with Crippen molar-refractivity contribution in [2.45, 2.75) is 19.3 Å². The fourth-order valence-electron chi connectivity index (χ4n) is 4.00. The maximum absolute atomic E-state index is 12.8. The fraction of sp³-hybridized carbons (Fsp3) is 0.240. The van der Waals surface area contributed by atoms with Crippen LogP contribution in [0.2, 0.25) is 5.02 Å². The first-order valence-electron chi connectivity index (χ1n) is 10.5. The number of fused-ring (bicyclic) bond motifs is 1. The first-order valence-corrected chi connectivity index (χ1v) is 10.9. The quantitative estimate of drug-likeness (QED) is 0.321. The molecular formula is C25H24ClN5O. The molecular weight excluding hydrogens is 422 g/mol. The minimum absolute atomic E-state index is 0.0166. The van der Waals surface area contributed by atoms with Gasteiger partial charge in [-0.25, -0.2) is 4.98 Å². The molecule has 0 atom stereocenters. The van der Waals surface area contributed by atoms with E-state index < -0.39 is 0 Å². The summed E-state index contributed by atoms with van der Waals surface area (Å²) in [4.78, 5) is 18.9. The smallest absolute Gasteiger partial charge is 0.253 e. The highest BCUT2D eigenvalue weighted by Gasteiger charge is 2.23. The van der Waals surface area contributed by atoms with Crippen LogP contribution in [-0.4, -0.2) is 34.7 Å². The van der Waals surface area contributed by atoms with Gasteiger partial charge in [0.25, 0.3) is 5.91 Å². The third-order valence-electron chi connectivity index (χ3n) is 5.76. The highest BCUT2D eigenvalue weighted by molar-refractivity contribution is 6.31. The normalized spacial score (nSPS) is 14.1. The van der Waals surface area contributed by atoms with Gasteiger partial charge in [-0.1, -0.05) is 29.5 Å². The number of likely N-dealkylation sites (tertiary alicyclic amines) is 1. The van der Waals surface area contributed by atoms with E-state index in [4.69, 9.17) is 28.5 Å². The molecule has 0 saturated carbocycles. The molecule has 2 heterocycles. The lowest BCUT2D eigenvalue weighted by molar-refractivity contribution is 0.0693. The predicted molar refractivity (Wildman–Crippen MR) is 129 cm³/mol. The molecule has 1 aromatic heterocycles. The van der Waals surface area contributed by atoms with Crippen molar-refractivity contribution in [3.8, 4) is 11.8 Å². The van der Waals surface area contributed by atoms with Crippen LogP contribution >= 0.6 is 11.6 Å². The van der Waals surface area contributed by atoms with Crippen molar-refractivity contribution in [1.29, 1.82) is 5.41 Å². The Morgan fingerprint density at radius 1 is 1.16 bits per heavy atom. The Morgan fingerprint density at radius 2 is 1.88 bits per heavy atom. The van der Waals surface area contributed by atoms with Crippen LogP contribution in [-0.2, 0) is 0 Å². The van der Waals surface area contributed by atoms with E-state index in [2.05, 4.69) is 16.8 Å². The van der Waals surface area contributed by atoms with Crippen molar-refractivity contribution in [3.63, 3.8) is 0 Å². The standard InChI is InChI=1S/C25H24ClN5O/c26-20-7-6-19-15-30-24(29)21(22(19)14-20)8-3-16-1-4-18(5-2-16)25(32)31-11-9-17(10-12-31)13-23(27)28/h1-2,4-7,14-15,17H,9-13H2,(H3,27,28)(H2,29,30). The zero-order chi connectivity index (χ0) is 22.7. The molecule has 2 aromatic carbocycles. The summed E-state index contributed by atoms with van der Waals surface area (Å²) in [7, 11) is 0. The van der Waals surface area contributed by atoms with Gasteiger partial charge >= 0.3 is 0 Å². The Kier molecular flexibility index (Phi) is 6.29. The molecule has 1 aliphatic rings. The summed E-state index contributed by atoms with van der Waals surface area (Å²) in [5.74, 6) is 7.20. The molecule has 162 valence electrons. The first-order chi connectivity index (χ1) is 15.4. The van der Waals surface area contributed by atoms with Crippen LogP contribution in [0.1, 0.15) is 40.7 Å². The second-order valence-corrected chi connectivity index (χ2v) is 8.48. The second kappa shape index (κ2) is 9.29. The number of pyridine rings is 1. The van der Waals surface area contributed by atoms with Crippen LogP contribution in [0.3, 0.4) is 0 Å². The number of carbonyl (C=O) groups is 1. The van der Waals surface area contributed by atoms with Gasteiger partial charge in [0, 0.05) is 52.6 Å². The van der Waals surface area contributed by atoms with Crippen LogP contribution in [0.25, 0.3) is 10.8 Å². The van der Waals surface area contributed by atoms with E-state index in [1.54, 1.807) is 24.4 Å². The van der Waals surface area contributed by atoms with Gasteiger partial charge in [0.05, 0.1) is 11.4 Å². The third kappa shape index (κ3) is 4.84. The topological polar surface area (TPSA) is 109 Å². The Labute approximate surface area is 192 Å². The number of nitrogens with zero attached hydrogens (tertiary/aromatic N) is 2. The van der Waals surface area contributed by atoms with Gasteiger partial charge in [0.15, 0.2) is 0 Å². The van der Waals surface area contributed by atoms with Crippen molar-refractivity contribution < 1.29 is 4.79 Å². The Balaban J connectivity index is 1.48. The van der Waals surface area contributed by atoms with Gasteiger partial charge in [-0.15, -0.1) is 0 Å². The highest BCUT2D eigenvalue weighted by Crippen LogP contribution is 2.25. The number of anilines is 1. The number of benzene rings is 2. The van der Waals surface area contributed by atoms with Crippen molar-refractivity contribution in [1.82, 2.24) is 9.88 Å².